The summed E-state index contributed by atoms with van der Waals surface area (Å²) in [4.78, 5) is 19.9. The van der Waals surface area contributed by atoms with Crippen LogP contribution in [0.4, 0.5) is 5.82 Å². The molecular formula is C16H16N6O2. The van der Waals surface area contributed by atoms with E-state index in [2.05, 4.69) is 15.1 Å². The zero-order chi connectivity index (χ0) is 16.8. The fraction of sp³-hybridized carbons (Fsp3) is 0.250. The lowest BCUT2D eigenvalue weighted by atomic mass is 10.2. The van der Waals surface area contributed by atoms with E-state index in [0.29, 0.717) is 23.0 Å². The van der Waals surface area contributed by atoms with Crippen LogP contribution in [0, 0.1) is 0 Å². The summed E-state index contributed by atoms with van der Waals surface area (Å²) in [7, 11) is 1.63. The second-order valence-electron chi connectivity index (χ2n) is 5.78. The third kappa shape index (κ3) is 2.23. The van der Waals surface area contributed by atoms with Gasteiger partial charge in [-0.25, -0.2) is 14.5 Å². The number of aromatic nitrogens is 4. The second-order valence-corrected chi connectivity index (χ2v) is 5.78. The number of hydrogen-bond donors (Lipinski definition) is 2. The molecule has 4 N–H and O–H groups in total. The normalized spacial score (nSPS) is 14.0. The number of pyridine rings is 1. The molecule has 0 unspecified atom stereocenters. The smallest absolute Gasteiger partial charge is 0.252 e. The molecule has 8 nitrogen and oxygen atoms in total. The molecule has 3 aromatic rings. The third-order valence-corrected chi connectivity index (χ3v) is 4.12. The number of carbonyl (C=O) groups is 1. The average molecular weight is 324 g/mol. The number of carbonyl (C=O) groups excluding carboxylic acids is 1. The largest absolute Gasteiger partial charge is 0.495 e. The molecule has 1 aliphatic carbocycles. The van der Waals surface area contributed by atoms with Crippen LogP contribution in [0.3, 0.4) is 0 Å². The summed E-state index contributed by atoms with van der Waals surface area (Å²) >= 11 is 0. The summed E-state index contributed by atoms with van der Waals surface area (Å²) in [6.07, 6.45) is 3.89. The van der Waals surface area contributed by atoms with Crippen molar-refractivity contribution in [1.82, 2.24) is 19.6 Å². The summed E-state index contributed by atoms with van der Waals surface area (Å²) < 4.78 is 7.15. The van der Waals surface area contributed by atoms with Crippen molar-refractivity contribution >= 4 is 17.4 Å². The highest BCUT2D eigenvalue weighted by Gasteiger charge is 2.29. The summed E-state index contributed by atoms with van der Waals surface area (Å²) in [5.74, 6) is 0.656. The molecule has 3 heterocycles. The van der Waals surface area contributed by atoms with Gasteiger partial charge in [-0.2, -0.15) is 5.10 Å². The highest BCUT2D eigenvalue weighted by Crippen LogP contribution is 2.43. The first kappa shape index (κ1) is 14.4. The number of nitrogen functional groups attached to an aromatic ring is 1. The third-order valence-electron chi connectivity index (χ3n) is 4.12. The van der Waals surface area contributed by atoms with Crippen molar-refractivity contribution < 1.29 is 9.53 Å². The van der Waals surface area contributed by atoms with Crippen LogP contribution in [0.15, 0.2) is 24.4 Å². The van der Waals surface area contributed by atoms with E-state index in [-0.39, 0.29) is 11.4 Å². The van der Waals surface area contributed by atoms with E-state index < -0.39 is 5.91 Å². The minimum absolute atomic E-state index is 0.0888. The minimum atomic E-state index is -0.608. The number of ether oxygens (including phenoxy) is 1. The van der Waals surface area contributed by atoms with Crippen molar-refractivity contribution in [3.8, 4) is 17.1 Å². The van der Waals surface area contributed by atoms with E-state index in [4.69, 9.17) is 16.2 Å². The van der Waals surface area contributed by atoms with Crippen molar-refractivity contribution in [2.24, 2.45) is 5.73 Å². The number of nitrogens with zero attached hydrogens (tertiary/aromatic N) is 4. The van der Waals surface area contributed by atoms with Gasteiger partial charge in [0, 0.05) is 12.0 Å². The van der Waals surface area contributed by atoms with Gasteiger partial charge in [0.15, 0.2) is 5.65 Å². The average Bonchev–Trinajstić information content (AvgIpc) is 3.33. The first-order valence-corrected chi connectivity index (χ1v) is 7.58. The zero-order valence-electron chi connectivity index (χ0n) is 13.1. The number of amides is 1. The van der Waals surface area contributed by atoms with Gasteiger partial charge >= 0.3 is 0 Å². The molecule has 24 heavy (non-hydrogen) atoms. The maximum Gasteiger partial charge on any atom is 0.252 e. The Bertz CT molecular complexity index is 961. The van der Waals surface area contributed by atoms with Gasteiger partial charge in [-0.3, -0.25) is 4.79 Å². The molecular weight excluding hydrogens is 308 g/mol. The fourth-order valence-electron chi connectivity index (χ4n) is 2.72. The van der Waals surface area contributed by atoms with Gasteiger partial charge in [-0.1, -0.05) is 0 Å². The molecule has 4 rings (SSSR count). The summed E-state index contributed by atoms with van der Waals surface area (Å²) in [5, 5.41) is 4.69. The lowest BCUT2D eigenvalue weighted by molar-refractivity contribution is 0.100. The van der Waals surface area contributed by atoms with Crippen LogP contribution in [0.1, 0.15) is 34.8 Å². The van der Waals surface area contributed by atoms with E-state index in [1.54, 1.807) is 30.0 Å². The van der Waals surface area contributed by atoms with Gasteiger partial charge in [0.2, 0.25) is 0 Å². The molecule has 3 aromatic heterocycles. The van der Waals surface area contributed by atoms with E-state index >= 15 is 0 Å². The van der Waals surface area contributed by atoms with Crippen LogP contribution in [-0.2, 0) is 0 Å². The Morgan fingerprint density at radius 2 is 2.17 bits per heavy atom. The van der Waals surface area contributed by atoms with Crippen LogP contribution in [0.5, 0.6) is 5.75 Å². The Balaban J connectivity index is 1.86. The van der Waals surface area contributed by atoms with Crippen molar-refractivity contribution in [3.05, 3.63) is 35.7 Å². The topological polar surface area (TPSA) is 121 Å². The molecule has 0 spiro atoms. The van der Waals surface area contributed by atoms with Gasteiger partial charge in [-0.15, -0.1) is 0 Å². The van der Waals surface area contributed by atoms with Crippen molar-refractivity contribution in [3.63, 3.8) is 0 Å². The first-order valence-electron chi connectivity index (χ1n) is 7.58. The number of rotatable bonds is 4. The molecule has 0 atom stereocenters. The van der Waals surface area contributed by atoms with Crippen LogP contribution in [-0.4, -0.2) is 32.6 Å². The summed E-state index contributed by atoms with van der Waals surface area (Å²) in [6.45, 7) is 0. The van der Waals surface area contributed by atoms with Crippen LogP contribution >= 0.6 is 0 Å². The lowest BCUT2D eigenvalue weighted by Gasteiger charge is -2.09. The molecule has 1 fully saturated rings. The highest BCUT2D eigenvalue weighted by atomic mass is 16.5. The molecule has 0 aliphatic heterocycles. The summed E-state index contributed by atoms with van der Waals surface area (Å²) in [6, 6.07) is 5.11. The van der Waals surface area contributed by atoms with E-state index in [1.807, 2.05) is 6.07 Å². The van der Waals surface area contributed by atoms with Gasteiger partial charge < -0.3 is 16.2 Å². The lowest BCUT2D eigenvalue weighted by Crippen LogP contribution is -2.14. The molecule has 8 heteroatoms. The maximum atomic E-state index is 11.3. The first-order chi connectivity index (χ1) is 11.6. The van der Waals surface area contributed by atoms with Gasteiger partial charge in [-0.05, 0) is 25.0 Å². The molecule has 1 amide bonds. The molecule has 0 saturated heterocycles. The number of imidazole rings is 1. The predicted octanol–water partition coefficient (Wildman–Crippen LogP) is 1.36. The summed E-state index contributed by atoms with van der Waals surface area (Å²) in [5.41, 5.74) is 14.1. The molecule has 1 saturated carbocycles. The second kappa shape index (κ2) is 5.19. The van der Waals surface area contributed by atoms with E-state index in [1.165, 1.54) is 0 Å². The molecule has 0 radical (unpaired) electrons. The number of methoxy groups -OCH3 is 1. The van der Waals surface area contributed by atoms with Crippen molar-refractivity contribution in [1.29, 1.82) is 0 Å². The Labute approximate surface area is 137 Å². The van der Waals surface area contributed by atoms with Crippen molar-refractivity contribution in [2.75, 3.05) is 12.8 Å². The quantitative estimate of drug-likeness (QED) is 0.747. The highest BCUT2D eigenvalue weighted by molar-refractivity contribution is 5.97. The SMILES string of the molecule is COc1cc2ncc(-c3ccc(C(N)=O)c(N)n3)n2nc1C1CC1. The van der Waals surface area contributed by atoms with Crippen LogP contribution in [0.25, 0.3) is 17.0 Å². The Morgan fingerprint density at radius 1 is 1.38 bits per heavy atom. The van der Waals surface area contributed by atoms with E-state index in [9.17, 15) is 4.79 Å². The van der Waals surface area contributed by atoms with Gasteiger partial charge in [0.05, 0.1) is 24.6 Å². The molecule has 0 bridgehead atoms. The zero-order valence-corrected chi connectivity index (χ0v) is 13.1. The van der Waals surface area contributed by atoms with Crippen LogP contribution < -0.4 is 16.2 Å². The number of hydrogen-bond acceptors (Lipinski definition) is 6. The number of anilines is 1. The fourth-order valence-corrected chi connectivity index (χ4v) is 2.72. The molecule has 0 aromatic carbocycles. The predicted molar refractivity (Wildman–Crippen MR) is 87.7 cm³/mol. The van der Waals surface area contributed by atoms with Gasteiger partial charge in [0.25, 0.3) is 5.91 Å². The van der Waals surface area contributed by atoms with E-state index in [0.717, 1.165) is 24.3 Å². The number of nitrogens with two attached hydrogens (primary N) is 2. The maximum absolute atomic E-state index is 11.3. The van der Waals surface area contributed by atoms with Crippen LogP contribution in [0.2, 0.25) is 0 Å². The number of fused-ring (bicyclic) bond motifs is 1. The van der Waals surface area contributed by atoms with Crippen molar-refractivity contribution in [2.45, 2.75) is 18.8 Å². The Morgan fingerprint density at radius 3 is 2.79 bits per heavy atom. The number of primary amides is 1. The minimum Gasteiger partial charge on any atom is -0.495 e. The van der Waals surface area contributed by atoms with Gasteiger partial charge in [0.1, 0.15) is 23.0 Å². The standard InChI is InChI=1S/C16H16N6O2/c1-24-12-6-13-19-7-11(22(13)21-14(12)8-2-3-8)10-5-4-9(16(18)23)15(17)20-10/h4-8H,2-3H2,1H3,(H2,17,20)(H2,18,23). The molecule has 122 valence electrons. The Hall–Kier alpha value is -3.16. The Kier molecular flexibility index (Phi) is 3.12. The monoisotopic (exact) mass is 324 g/mol. The molecule has 1 aliphatic rings.